The van der Waals surface area contributed by atoms with Gasteiger partial charge in [0.1, 0.15) is 6.04 Å². The van der Waals surface area contributed by atoms with Crippen molar-refractivity contribution in [3.05, 3.63) is 76.5 Å². The van der Waals surface area contributed by atoms with E-state index in [9.17, 15) is 4.79 Å². The molecule has 1 aromatic heterocycles. The summed E-state index contributed by atoms with van der Waals surface area (Å²) in [5.74, 6) is 1.90. The highest BCUT2D eigenvalue weighted by molar-refractivity contribution is 7.99. The molecule has 1 aliphatic rings. The quantitative estimate of drug-likeness (QED) is 0.414. The van der Waals surface area contributed by atoms with E-state index in [0.29, 0.717) is 17.4 Å². The van der Waals surface area contributed by atoms with Gasteiger partial charge in [-0.3, -0.25) is 4.79 Å². The van der Waals surface area contributed by atoms with Gasteiger partial charge in [0.05, 0.1) is 5.57 Å². The molecule has 0 bridgehead atoms. The van der Waals surface area contributed by atoms with Crippen LogP contribution < -0.4 is 10.6 Å². The summed E-state index contributed by atoms with van der Waals surface area (Å²) in [4.78, 5) is 18.2. The summed E-state index contributed by atoms with van der Waals surface area (Å²) < 4.78 is 1.85. The molecule has 7 heteroatoms. The third-order valence-corrected chi connectivity index (χ3v) is 6.78. The zero-order chi connectivity index (χ0) is 23.5. The maximum atomic E-state index is 13.5. The standard InChI is InChI=1S/C26H31N5OS/c1-6-15-33-26-29-25-27-18(5)22(24(32)28-21-13-7-17(4)8-14-21)23(31(25)30-26)20-11-9-19(10-12-20)16(2)3/h7-14,16,23H,6,15H2,1-5H3,(H,28,32)(H,27,29,30). The van der Waals surface area contributed by atoms with Gasteiger partial charge in [-0.1, -0.05) is 74.5 Å². The Hall–Kier alpha value is -3.06. The molecule has 0 aliphatic carbocycles. The summed E-state index contributed by atoms with van der Waals surface area (Å²) in [5.41, 5.74) is 5.60. The van der Waals surface area contributed by atoms with Crippen molar-refractivity contribution in [2.45, 2.75) is 58.2 Å². The highest BCUT2D eigenvalue weighted by Gasteiger charge is 2.34. The molecule has 33 heavy (non-hydrogen) atoms. The van der Waals surface area contributed by atoms with E-state index in [1.54, 1.807) is 11.8 Å². The van der Waals surface area contributed by atoms with Crippen molar-refractivity contribution < 1.29 is 4.79 Å². The molecular formula is C26H31N5OS. The minimum absolute atomic E-state index is 0.147. The lowest BCUT2D eigenvalue weighted by atomic mass is 9.93. The van der Waals surface area contributed by atoms with Crippen LogP contribution in [0.1, 0.15) is 62.8 Å². The van der Waals surface area contributed by atoms with Gasteiger partial charge in [0.15, 0.2) is 0 Å². The highest BCUT2D eigenvalue weighted by atomic mass is 32.2. The SMILES string of the molecule is CCCSc1nc2n(n1)C(c1ccc(C(C)C)cc1)C(C(=O)Nc1ccc(C)cc1)=C(C)N2. The summed E-state index contributed by atoms with van der Waals surface area (Å²) in [6, 6.07) is 15.9. The lowest BCUT2D eigenvalue weighted by Gasteiger charge is -2.29. The monoisotopic (exact) mass is 461 g/mol. The molecule has 1 aliphatic heterocycles. The van der Waals surface area contributed by atoms with E-state index in [2.05, 4.69) is 60.7 Å². The van der Waals surface area contributed by atoms with Gasteiger partial charge in [-0.05, 0) is 49.4 Å². The van der Waals surface area contributed by atoms with Crippen LogP contribution in [0.2, 0.25) is 0 Å². The van der Waals surface area contributed by atoms with Gasteiger partial charge in [0.25, 0.3) is 5.91 Å². The molecule has 6 nitrogen and oxygen atoms in total. The molecule has 0 spiro atoms. The molecule has 1 atom stereocenters. The lowest BCUT2D eigenvalue weighted by Crippen LogP contribution is -2.31. The van der Waals surface area contributed by atoms with Crippen molar-refractivity contribution in [1.29, 1.82) is 0 Å². The smallest absolute Gasteiger partial charge is 0.255 e. The number of nitrogens with one attached hydrogen (secondary N) is 2. The fourth-order valence-corrected chi connectivity index (χ4v) is 4.57. The molecule has 172 valence electrons. The van der Waals surface area contributed by atoms with E-state index in [1.807, 2.05) is 42.8 Å². The van der Waals surface area contributed by atoms with Crippen LogP contribution in [0.25, 0.3) is 0 Å². The van der Waals surface area contributed by atoms with Gasteiger partial charge in [0, 0.05) is 17.1 Å². The molecule has 2 heterocycles. The largest absolute Gasteiger partial charge is 0.328 e. The van der Waals surface area contributed by atoms with Crippen LogP contribution in [0.15, 0.2) is 65.0 Å². The first-order valence-electron chi connectivity index (χ1n) is 11.4. The van der Waals surface area contributed by atoms with E-state index >= 15 is 0 Å². The van der Waals surface area contributed by atoms with E-state index in [-0.39, 0.29) is 11.9 Å². The minimum Gasteiger partial charge on any atom is -0.328 e. The number of aromatic nitrogens is 3. The Morgan fingerprint density at radius 2 is 1.82 bits per heavy atom. The minimum atomic E-state index is -0.364. The number of nitrogens with zero attached hydrogens (tertiary/aromatic N) is 3. The maximum Gasteiger partial charge on any atom is 0.255 e. The summed E-state index contributed by atoms with van der Waals surface area (Å²) >= 11 is 1.63. The number of hydrogen-bond acceptors (Lipinski definition) is 5. The number of hydrogen-bond donors (Lipinski definition) is 2. The second-order valence-electron chi connectivity index (χ2n) is 8.72. The molecule has 0 radical (unpaired) electrons. The van der Waals surface area contributed by atoms with Crippen molar-refractivity contribution in [1.82, 2.24) is 14.8 Å². The first kappa shape index (κ1) is 23.1. The summed E-state index contributed by atoms with van der Waals surface area (Å²) in [5, 5.41) is 11.9. The van der Waals surface area contributed by atoms with Crippen LogP contribution in [0.5, 0.6) is 0 Å². The summed E-state index contributed by atoms with van der Waals surface area (Å²) in [7, 11) is 0. The Balaban J connectivity index is 1.74. The fourth-order valence-electron chi connectivity index (χ4n) is 3.89. The zero-order valence-electron chi connectivity index (χ0n) is 19.8. The van der Waals surface area contributed by atoms with E-state index < -0.39 is 0 Å². The summed E-state index contributed by atoms with van der Waals surface area (Å²) in [6.07, 6.45) is 1.05. The number of aryl methyl sites for hydroxylation is 1. The van der Waals surface area contributed by atoms with Crippen molar-refractivity contribution in [3.63, 3.8) is 0 Å². The average Bonchev–Trinajstić information content (AvgIpc) is 3.20. The number of allylic oxidation sites excluding steroid dienone is 1. The molecule has 2 N–H and O–H groups in total. The molecular weight excluding hydrogens is 430 g/mol. The van der Waals surface area contributed by atoms with Crippen LogP contribution >= 0.6 is 11.8 Å². The van der Waals surface area contributed by atoms with Crippen LogP contribution in [-0.4, -0.2) is 26.4 Å². The number of benzene rings is 2. The number of rotatable bonds is 7. The Bertz CT molecular complexity index is 1160. The second kappa shape index (κ2) is 9.83. The van der Waals surface area contributed by atoms with Crippen LogP contribution in [0, 0.1) is 6.92 Å². The van der Waals surface area contributed by atoms with Gasteiger partial charge in [-0.25, -0.2) is 4.68 Å². The van der Waals surface area contributed by atoms with Crippen molar-refractivity contribution >= 4 is 29.3 Å². The number of fused-ring (bicyclic) bond motifs is 1. The third-order valence-electron chi connectivity index (χ3n) is 5.74. The maximum absolute atomic E-state index is 13.5. The molecule has 1 unspecified atom stereocenters. The van der Waals surface area contributed by atoms with Crippen molar-refractivity contribution in [3.8, 4) is 0 Å². The van der Waals surface area contributed by atoms with Crippen LogP contribution in [0.3, 0.4) is 0 Å². The van der Waals surface area contributed by atoms with Gasteiger partial charge < -0.3 is 10.6 Å². The fraction of sp³-hybridized carbons (Fsp3) is 0.346. The average molecular weight is 462 g/mol. The Morgan fingerprint density at radius 3 is 2.45 bits per heavy atom. The summed E-state index contributed by atoms with van der Waals surface area (Å²) in [6.45, 7) is 10.4. The second-order valence-corrected chi connectivity index (χ2v) is 9.78. The Labute approximate surface area is 199 Å². The van der Waals surface area contributed by atoms with Gasteiger partial charge in [-0.2, -0.15) is 4.98 Å². The molecule has 0 fully saturated rings. The number of carbonyl (C=O) groups excluding carboxylic acids is 1. The zero-order valence-corrected chi connectivity index (χ0v) is 20.7. The predicted octanol–water partition coefficient (Wildman–Crippen LogP) is 6.14. The van der Waals surface area contributed by atoms with E-state index in [0.717, 1.165) is 39.8 Å². The molecule has 0 saturated carbocycles. The van der Waals surface area contributed by atoms with Gasteiger partial charge in [-0.15, -0.1) is 5.10 Å². The molecule has 0 saturated heterocycles. The normalized spacial score (nSPS) is 15.4. The van der Waals surface area contributed by atoms with Crippen molar-refractivity contribution in [2.75, 3.05) is 16.4 Å². The third kappa shape index (κ3) is 4.98. The van der Waals surface area contributed by atoms with Crippen molar-refractivity contribution in [2.24, 2.45) is 0 Å². The Morgan fingerprint density at radius 1 is 1.12 bits per heavy atom. The van der Waals surface area contributed by atoms with Gasteiger partial charge in [0.2, 0.25) is 11.1 Å². The first-order chi connectivity index (χ1) is 15.9. The molecule has 2 aromatic carbocycles. The predicted molar refractivity (Wildman–Crippen MR) is 136 cm³/mol. The van der Waals surface area contributed by atoms with Gasteiger partial charge >= 0.3 is 0 Å². The number of anilines is 2. The molecule has 3 aromatic rings. The number of carbonyl (C=O) groups is 1. The topological polar surface area (TPSA) is 71.8 Å². The van der Waals surface area contributed by atoms with E-state index in [1.165, 1.54) is 5.56 Å². The van der Waals surface area contributed by atoms with Crippen LogP contribution in [-0.2, 0) is 4.79 Å². The highest BCUT2D eigenvalue weighted by Crippen LogP contribution is 2.37. The van der Waals surface area contributed by atoms with Crippen LogP contribution in [0.4, 0.5) is 11.6 Å². The van der Waals surface area contributed by atoms with E-state index in [4.69, 9.17) is 5.10 Å². The first-order valence-corrected chi connectivity index (χ1v) is 12.4. The lowest BCUT2D eigenvalue weighted by molar-refractivity contribution is -0.113. The molecule has 4 rings (SSSR count). The molecule has 1 amide bonds. The Kier molecular flexibility index (Phi) is 6.88. The number of thioether (sulfide) groups is 1. The number of amides is 1.